The normalized spacial score (nSPS) is 12.0. The second kappa shape index (κ2) is 9.99. The minimum atomic E-state index is -0.903. The molecule has 0 bridgehead atoms. The van der Waals surface area contributed by atoms with Crippen LogP contribution in [0.5, 0.6) is 0 Å². The van der Waals surface area contributed by atoms with Crippen LogP contribution in [0.3, 0.4) is 0 Å². The number of anilines is 1. The van der Waals surface area contributed by atoms with Crippen LogP contribution in [0.1, 0.15) is 29.9 Å². The highest BCUT2D eigenvalue weighted by Gasteiger charge is 2.29. The molecule has 1 heterocycles. The zero-order valence-corrected chi connectivity index (χ0v) is 17.9. The first-order valence-electron chi connectivity index (χ1n) is 10.6. The van der Waals surface area contributed by atoms with Gasteiger partial charge in [0.2, 0.25) is 5.91 Å². The van der Waals surface area contributed by atoms with Crippen molar-refractivity contribution in [3.05, 3.63) is 72.1 Å². The van der Waals surface area contributed by atoms with Gasteiger partial charge in [0, 0.05) is 25.1 Å². The summed E-state index contributed by atoms with van der Waals surface area (Å²) in [5, 5.41) is 17.9. The molecule has 1 aliphatic rings. The Morgan fingerprint density at radius 2 is 1.70 bits per heavy atom. The smallest absolute Gasteiger partial charge is 0.411 e. The van der Waals surface area contributed by atoms with Gasteiger partial charge in [0.1, 0.15) is 13.2 Å². The lowest BCUT2D eigenvalue weighted by atomic mass is 9.98. The molecular weight excluding hydrogens is 424 g/mol. The lowest BCUT2D eigenvalue weighted by Crippen LogP contribution is -2.28. The van der Waals surface area contributed by atoms with Crippen LogP contribution in [0.15, 0.2) is 60.9 Å². The number of hydrogen-bond donors (Lipinski definition) is 3. The Labute approximate surface area is 190 Å². The van der Waals surface area contributed by atoms with Gasteiger partial charge in [0.15, 0.2) is 0 Å². The molecule has 1 aliphatic carbocycles. The van der Waals surface area contributed by atoms with E-state index in [2.05, 4.69) is 40.0 Å². The molecule has 0 atom stereocenters. The Balaban J connectivity index is 1.28. The van der Waals surface area contributed by atoms with Gasteiger partial charge in [0.25, 0.3) is 0 Å². The Hall–Kier alpha value is -4.14. The lowest BCUT2D eigenvalue weighted by Gasteiger charge is -2.14. The molecule has 3 N–H and O–H groups in total. The molecule has 9 nitrogen and oxygen atoms in total. The molecule has 0 unspecified atom stereocenters. The van der Waals surface area contributed by atoms with E-state index in [1.165, 1.54) is 17.1 Å². The zero-order valence-electron chi connectivity index (χ0n) is 17.9. The largest absolute Gasteiger partial charge is 0.481 e. The number of amides is 2. The van der Waals surface area contributed by atoms with Gasteiger partial charge >= 0.3 is 12.1 Å². The summed E-state index contributed by atoms with van der Waals surface area (Å²) in [4.78, 5) is 34.7. The minimum absolute atomic E-state index is 0.00371. The van der Waals surface area contributed by atoms with Gasteiger partial charge in [-0.15, -0.1) is 0 Å². The van der Waals surface area contributed by atoms with Gasteiger partial charge in [-0.3, -0.25) is 19.6 Å². The van der Waals surface area contributed by atoms with E-state index in [1.807, 2.05) is 24.3 Å². The number of carboxylic acid groups (broad SMARTS) is 1. The first-order chi connectivity index (χ1) is 16.0. The van der Waals surface area contributed by atoms with Crippen LogP contribution in [0.2, 0.25) is 0 Å². The molecule has 0 aliphatic heterocycles. The van der Waals surface area contributed by atoms with Crippen LogP contribution in [0, 0.1) is 0 Å². The predicted molar refractivity (Wildman–Crippen MR) is 121 cm³/mol. The molecule has 4 rings (SSSR count). The van der Waals surface area contributed by atoms with Gasteiger partial charge in [-0.2, -0.15) is 5.10 Å². The standard InChI is InChI=1S/C24H24N4O5/c29-22(25-11-5-10-23(30)31)14-28-13-16(12-26-28)27-24(32)33-15-21-19-8-3-1-6-17(19)18-7-2-4-9-20(18)21/h1-4,6-9,12-13,21H,5,10-11,14-15H2,(H,25,29)(H,27,32)(H,30,31). The summed E-state index contributed by atoms with van der Waals surface area (Å²) in [5.41, 5.74) is 4.99. The number of carbonyl (C=O) groups excluding carboxylic acids is 2. The Bertz CT molecular complexity index is 1130. The second-order valence-electron chi connectivity index (χ2n) is 7.72. The average Bonchev–Trinajstić information content (AvgIpc) is 3.37. The van der Waals surface area contributed by atoms with Crippen LogP contribution < -0.4 is 10.6 Å². The highest BCUT2D eigenvalue weighted by atomic mass is 16.5. The predicted octanol–water partition coefficient (Wildman–Crippen LogP) is 3.23. The van der Waals surface area contributed by atoms with Crippen molar-refractivity contribution in [2.24, 2.45) is 0 Å². The van der Waals surface area contributed by atoms with Gasteiger partial charge in [-0.1, -0.05) is 48.5 Å². The number of carboxylic acids is 1. The van der Waals surface area contributed by atoms with E-state index in [0.717, 1.165) is 22.3 Å². The van der Waals surface area contributed by atoms with Crippen molar-refractivity contribution in [1.29, 1.82) is 0 Å². The van der Waals surface area contributed by atoms with Gasteiger partial charge in [-0.25, -0.2) is 4.79 Å². The Kier molecular flexibility index (Phi) is 6.68. The first-order valence-corrected chi connectivity index (χ1v) is 10.6. The summed E-state index contributed by atoms with van der Waals surface area (Å²) in [6.45, 7) is 0.434. The number of nitrogens with zero attached hydrogens (tertiary/aromatic N) is 2. The lowest BCUT2D eigenvalue weighted by molar-refractivity contribution is -0.137. The molecule has 0 radical (unpaired) electrons. The Morgan fingerprint density at radius 1 is 1.03 bits per heavy atom. The van der Waals surface area contributed by atoms with Crippen molar-refractivity contribution in [2.75, 3.05) is 18.5 Å². The van der Waals surface area contributed by atoms with Crippen molar-refractivity contribution >= 4 is 23.7 Å². The zero-order chi connectivity index (χ0) is 23.2. The maximum Gasteiger partial charge on any atom is 0.411 e. The van der Waals surface area contributed by atoms with Crippen molar-refractivity contribution in [2.45, 2.75) is 25.3 Å². The first kappa shape index (κ1) is 22.1. The van der Waals surface area contributed by atoms with E-state index < -0.39 is 12.1 Å². The van der Waals surface area contributed by atoms with Crippen molar-refractivity contribution in [3.8, 4) is 11.1 Å². The average molecular weight is 448 g/mol. The Morgan fingerprint density at radius 3 is 2.36 bits per heavy atom. The summed E-state index contributed by atoms with van der Waals surface area (Å²) >= 11 is 0. The fourth-order valence-electron chi connectivity index (χ4n) is 3.94. The van der Waals surface area contributed by atoms with Crippen molar-refractivity contribution in [3.63, 3.8) is 0 Å². The molecule has 33 heavy (non-hydrogen) atoms. The summed E-state index contributed by atoms with van der Waals surface area (Å²) in [7, 11) is 0. The maximum atomic E-state index is 12.4. The minimum Gasteiger partial charge on any atom is -0.481 e. The number of nitrogens with one attached hydrogen (secondary N) is 2. The fourth-order valence-corrected chi connectivity index (χ4v) is 3.94. The fraction of sp³-hybridized carbons (Fsp3) is 0.250. The molecule has 0 fully saturated rings. The summed E-state index contributed by atoms with van der Waals surface area (Å²) in [5.74, 6) is -1.23. The van der Waals surface area contributed by atoms with Crippen molar-refractivity contribution in [1.82, 2.24) is 15.1 Å². The topological polar surface area (TPSA) is 123 Å². The number of carbonyl (C=O) groups is 3. The third-order valence-electron chi connectivity index (χ3n) is 5.42. The molecule has 2 aromatic carbocycles. The van der Waals surface area contributed by atoms with Crippen LogP contribution in [-0.2, 0) is 20.9 Å². The number of aromatic nitrogens is 2. The van der Waals surface area contributed by atoms with Crippen LogP contribution in [0.25, 0.3) is 11.1 Å². The van der Waals surface area contributed by atoms with E-state index in [1.54, 1.807) is 0 Å². The summed E-state index contributed by atoms with van der Waals surface area (Å²) in [6.07, 6.45) is 2.71. The molecule has 1 aromatic heterocycles. The van der Waals surface area contributed by atoms with E-state index >= 15 is 0 Å². The van der Waals surface area contributed by atoms with E-state index in [9.17, 15) is 14.4 Å². The second-order valence-corrected chi connectivity index (χ2v) is 7.72. The summed E-state index contributed by atoms with van der Waals surface area (Å²) in [6, 6.07) is 16.2. The van der Waals surface area contributed by atoms with Gasteiger partial charge < -0.3 is 15.2 Å². The third-order valence-corrected chi connectivity index (χ3v) is 5.42. The monoisotopic (exact) mass is 448 g/mol. The number of benzene rings is 2. The van der Waals surface area contributed by atoms with E-state index in [4.69, 9.17) is 9.84 Å². The molecule has 9 heteroatoms. The maximum absolute atomic E-state index is 12.4. The summed E-state index contributed by atoms with van der Waals surface area (Å²) < 4.78 is 6.88. The third kappa shape index (κ3) is 5.38. The van der Waals surface area contributed by atoms with Crippen LogP contribution >= 0.6 is 0 Å². The van der Waals surface area contributed by atoms with Crippen LogP contribution in [0.4, 0.5) is 10.5 Å². The number of rotatable bonds is 9. The molecule has 0 saturated carbocycles. The number of aliphatic carboxylic acids is 1. The SMILES string of the molecule is O=C(O)CCCNC(=O)Cn1cc(NC(=O)OCC2c3ccccc3-c3ccccc32)cn1. The molecular formula is C24H24N4O5. The number of ether oxygens (including phenoxy) is 1. The number of fused-ring (bicyclic) bond motifs is 3. The van der Waals surface area contributed by atoms with Crippen molar-refractivity contribution < 1.29 is 24.2 Å². The van der Waals surface area contributed by atoms with E-state index in [-0.39, 0.29) is 37.9 Å². The number of hydrogen-bond acceptors (Lipinski definition) is 5. The van der Waals surface area contributed by atoms with Gasteiger partial charge in [-0.05, 0) is 28.7 Å². The molecule has 170 valence electrons. The highest BCUT2D eigenvalue weighted by molar-refractivity contribution is 5.85. The molecule has 0 spiro atoms. The molecule has 3 aromatic rings. The van der Waals surface area contributed by atoms with Gasteiger partial charge in [0.05, 0.1) is 11.9 Å². The molecule has 2 amide bonds. The van der Waals surface area contributed by atoms with E-state index in [0.29, 0.717) is 12.1 Å². The molecule has 0 saturated heterocycles. The van der Waals surface area contributed by atoms with Crippen LogP contribution in [-0.4, -0.2) is 46.0 Å². The highest BCUT2D eigenvalue weighted by Crippen LogP contribution is 2.44. The quantitative estimate of drug-likeness (QED) is 0.432.